The average molecular weight is 265 g/mol. The van der Waals surface area contributed by atoms with Crippen LogP contribution in [0.5, 0.6) is 0 Å². The highest BCUT2D eigenvalue weighted by Gasteiger charge is 2.17. The minimum Gasteiger partial charge on any atom is -0.326 e. The first-order valence-corrected chi connectivity index (χ1v) is 4.51. The molecule has 0 spiro atoms. The predicted octanol–water partition coefficient (Wildman–Crippen LogP) is 2.05. The van der Waals surface area contributed by atoms with E-state index in [-0.39, 0.29) is 16.6 Å². The Morgan fingerprint density at radius 2 is 2.29 bits per heavy atom. The third-order valence-electron chi connectivity index (χ3n) is 1.72. The number of halogens is 3. The number of carbonyl (C=O) groups excluding carboxylic acids is 1. The quantitative estimate of drug-likeness (QED) is 0.851. The Labute approximate surface area is 87.4 Å². The Morgan fingerprint density at radius 3 is 2.71 bits per heavy atom. The lowest BCUT2D eigenvalue weighted by Gasteiger charge is -2.08. The maximum atomic E-state index is 12.4. The number of aromatic nitrogens is 1. The van der Waals surface area contributed by atoms with Crippen molar-refractivity contribution in [3.05, 3.63) is 27.5 Å². The summed E-state index contributed by atoms with van der Waals surface area (Å²) in [5, 5.41) is 0. The smallest absolute Gasteiger partial charge is 0.281 e. The molecule has 14 heavy (non-hydrogen) atoms. The standard InChI is InChI=1S/C8H7BrF2N2O/c9-6-5(1-12)4(3-14)2-13-7(6)8(10)11/h2-3,8H,1,12H2. The fraction of sp³-hybridized carbons (Fsp3) is 0.250. The Morgan fingerprint density at radius 1 is 1.64 bits per heavy atom. The van der Waals surface area contributed by atoms with Crippen molar-refractivity contribution < 1.29 is 13.6 Å². The summed E-state index contributed by atoms with van der Waals surface area (Å²) in [6, 6.07) is 0. The number of hydrogen-bond acceptors (Lipinski definition) is 3. The zero-order valence-corrected chi connectivity index (χ0v) is 8.59. The van der Waals surface area contributed by atoms with Crippen LogP contribution in [0.3, 0.4) is 0 Å². The molecule has 0 aliphatic rings. The van der Waals surface area contributed by atoms with Crippen molar-refractivity contribution in [2.24, 2.45) is 5.73 Å². The second kappa shape index (κ2) is 4.56. The molecule has 0 aliphatic heterocycles. The molecule has 2 N–H and O–H groups in total. The number of alkyl halides is 2. The molecule has 0 fully saturated rings. The minimum atomic E-state index is -2.68. The van der Waals surface area contributed by atoms with Crippen LogP contribution < -0.4 is 5.73 Å². The highest BCUT2D eigenvalue weighted by molar-refractivity contribution is 9.10. The van der Waals surface area contributed by atoms with E-state index >= 15 is 0 Å². The van der Waals surface area contributed by atoms with Crippen LogP contribution in [0.1, 0.15) is 28.0 Å². The van der Waals surface area contributed by atoms with Crippen molar-refractivity contribution in [3.8, 4) is 0 Å². The summed E-state index contributed by atoms with van der Waals surface area (Å²) < 4.78 is 24.8. The summed E-state index contributed by atoms with van der Waals surface area (Å²) in [6.45, 7) is 0.0108. The maximum Gasteiger partial charge on any atom is 0.281 e. The van der Waals surface area contributed by atoms with E-state index in [1.165, 1.54) is 0 Å². The normalized spacial score (nSPS) is 10.6. The summed E-state index contributed by atoms with van der Waals surface area (Å²) in [5.41, 5.74) is 5.52. The van der Waals surface area contributed by atoms with E-state index < -0.39 is 12.1 Å². The van der Waals surface area contributed by atoms with Crippen LogP contribution in [-0.2, 0) is 6.54 Å². The van der Waals surface area contributed by atoms with Gasteiger partial charge in [-0.05, 0) is 21.5 Å². The van der Waals surface area contributed by atoms with E-state index in [9.17, 15) is 13.6 Å². The fourth-order valence-corrected chi connectivity index (χ4v) is 1.68. The van der Waals surface area contributed by atoms with Gasteiger partial charge in [-0.3, -0.25) is 9.78 Å². The molecular weight excluding hydrogens is 258 g/mol. The van der Waals surface area contributed by atoms with Gasteiger partial charge in [-0.1, -0.05) is 0 Å². The lowest BCUT2D eigenvalue weighted by Crippen LogP contribution is -2.06. The summed E-state index contributed by atoms with van der Waals surface area (Å²) in [4.78, 5) is 14.0. The molecule has 1 heterocycles. The van der Waals surface area contributed by atoms with Crippen LogP contribution in [0.4, 0.5) is 8.78 Å². The molecule has 0 aliphatic carbocycles. The largest absolute Gasteiger partial charge is 0.326 e. The molecule has 6 heteroatoms. The SMILES string of the molecule is NCc1c(C=O)cnc(C(F)F)c1Br. The number of rotatable bonds is 3. The Bertz CT molecular complexity index is 357. The Balaban J connectivity index is 3.34. The molecule has 1 aromatic heterocycles. The number of nitrogens with zero attached hydrogens (tertiary/aromatic N) is 1. The second-order valence-corrected chi connectivity index (χ2v) is 3.31. The topological polar surface area (TPSA) is 56.0 Å². The van der Waals surface area contributed by atoms with E-state index in [4.69, 9.17) is 5.73 Å². The van der Waals surface area contributed by atoms with Crippen molar-refractivity contribution in [3.63, 3.8) is 0 Å². The van der Waals surface area contributed by atoms with Gasteiger partial charge in [0.2, 0.25) is 0 Å². The lowest BCUT2D eigenvalue weighted by atomic mass is 10.1. The highest BCUT2D eigenvalue weighted by atomic mass is 79.9. The molecule has 3 nitrogen and oxygen atoms in total. The third-order valence-corrected chi connectivity index (χ3v) is 2.60. The zero-order valence-electron chi connectivity index (χ0n) is 7.01. The number of nitrogens with two attached hydrogens (primary N) is 1. The molecule has 0 saturated heterocycles. The molecule has 1 rings (SSSR count). The third kappa shape index (κ3) is 1.96. The van der Waals surface area contributed by atoms with Crippen LogP contribution in [-0.4, -0.2) is 11.3 Å². The second-order valence-electron chi connectivity index (χ2n) is 2.51. The fourth-order valence-electron chi connectivity index (χ4n) is 1.02. The molecule has 0 aromatic carbocycles. The molecule has 0 amide bonds. The van der Waals surface area contributed by atoms with Crippen molar-refractivity contribution in [2.45, 2.75) is 13.0 Å². The van der Waals surface area contributed by atoms with Gasteiger partial charge in [-0.25, -0.2) is 8.78 Å². The van der Waals surface area contributed by atoms with Gasteiger partial charge < -0.3 is 5.73 Å². The number of hydrogen-bond donors (Lipinski definition) is 1. The van der Waals surface area contributed by atoms with Gasteiger partial charge in [-0.2, -0.15) is 0 Å². The molecule has 0 bridgehead atoms. The van der Waals surface area contributed by atoms with Crippen molar-refractivity contribution >= 4 is 22.2 Å². The Kier molecular flexibility index (Phi) is 3.65. The Hall–Kier alpha value is -0.880. The minimum absolute atomic E-state index is 0.0108. The van der Waals surface area contributed by atoms with Crippen molar-refractivity contribution in [1.82, 2.24) is 4.98 Å². The average Bonchev–Trinajstić information content (AvgIpc) is 2.16. The van der Waals surface area contributed by atoms with E-state index in [0.717, 1.165) is 6.20 Å². The van der Waals surface area contributed by atoms with E-state index in [1.54, 1.807) is 0 Å². The van der Waals surface area contributed by atoms with E-state index in [0.29, 0.717) is 11.8 Å². The first-order chi connectivity index (χ1) is 6.61. The molecule has 0 unspecified atom stereocenters. The van der Waals surface area contributed by atoms with Gasteiger partial charge in [-0.15, -0.1) is 0 Å². The van der Waals surface area contributed by atoms with Gasteiger partial charge in [0.25, 0.3) is 6.43 Å². The summed E-state index contributed by atoms with van der Waals surface area (Å²) >= 11 is 2.95. The molecule has 0 saturated carbocycles. The lowest BCUT2D eigenvalue weighted by molar-refractivity contribution is 0.112. The summed E-state index contributed by atoms with van der Waals surface area (Å²) in [7, 11) is 0. The highest BCUT2D eigenvalue weighted by Crippen LogP contribution is 2.29. The zero-order chi connectivity index (χ0) is 10.7. The van der Waals surface area contributed by atoms with Gasteiger partial charge in [0, 0.05) is 18.3 Å². The van der Waals surface area contributed by atoms with Crippen molar-refractivity contribution in [1.29, 1.82) is 0 Å². The van der Waals surface area contributed by atoms with Gasteiger partial charge in [0.15, 0.2) is 6.29 Å². The number of pyridine rings is 1. The van der Waals surface area contributed by atoms with Crippen LogP contribution in [0.25, 0.3) is 0 Å². The van der Waals surface area contributed by atoms with Gasteiger partial charge >= 0.3 is 0 Å². The van der Waals surface area contributed by atoms with Crippen LogP contribution in [0.2, 0.25) is 0 Å². The molecule has 76 valence electrons. The van der Waals surface area contributed by atoms with Crippen molar-refractivity contribution in [2.75, 3.05) is 0 Å². The molecule has 0 radical (unpaired) electrons. The van der Waals surface area contributed by atoms with E-state index in [1.807, 2.05) is 0 Å². The monoisotopic (exact) mass is 264 g/mol. The van der Waals surface area contributed by atoms with E-state index in [2.05, 4.69) is 20.9 Å². The van der Waals surface area contributed by atoms with Crippen LogP contribution >= 0.6 is 15.9 Å². The molecule has 1 aromatic rings. The first kappa shape index (κ1) is 11.2. The van der Waals surface area contributed by atoms with Crippen LogP contribution in [0, 0.1) is 0 Å². The molecule has 0 atom stereocenters. The molecular formula is C8H7BrF2N2O. The van der Waals surface area contributed by atoms with Gasteiger partial charge in [0.05, 0.1) is 4.47 Å². The number of carbonyl (C=O) groups is 1. The summed E-state index contributed by atoms with van der Waals surface area (Å²) in [5.74, 6) is 0. The summed E-state index contributed by atoms with van der Waals surface area (Å²) in [6.07, 6.45) is -1.05. The van der Waals surface area contributed by atoms with Gasteiger partial charge in [0.1, 0.15) is 5.69 Å². The van der Waals surface area contributed by atoms with Crippen LogP contribution in [0.15, 0.2) is 10.7 Å². The number of aldehydes is 1. The predicted molar refractivity (Wildman–Crippen MR) is 50.2 cm³/mol. The first-order valence-electron chi connectivity index (χ1n) is 3.72. The maximum absolute atomic E-state index is 12.4.